The first-order valence-corrected chi connectivity index (χ1v) is 7.96. The number of hydrogen-bond donors (Lipinski definition) is 1. The summed E-state index contributed by atoms with van der Waals surface area (Å²) in [6.45, 7) is 4.00. The summed E-state index contributed by atoms with van der Waals surface area (Å²) >= 11 is 0. The molecule has 0 amide bonds. The summed E-state index contributed by atoms with van der Waals surface area (Å²) in [5.74, 6) is 0. The normalized spacial score (nSPS) is 14.9. The number of rotatable bonds is 10. The molecule has 6 heteroatoms. The Balaban J connectivity index is 0. The second kappa shape index (κ2) is 10.6. The van der Waals surface area contributed by atoms with E-state index >= 15 is 0 Å². The quantitative estimate of drug-likeness (QED) is 0.342. The van der Waals surface area contributed by atoms with Crippen LogP contribution in [0, 0.1) is 0 Å². The Bertz CT molecular complexity index is 292. The molecule has 0 bridgehead atoms. The van der Waals surface area contributed by atoms with Gasteiger partial charge < -0.3 is 9.66 Å². The summed E-state index contributed by atoms with van der Waals surface area (Å²) in [5.41, 5.74) is 0. The van der Waals surface area contributed by atoms with E-state index in [4.69, 9.17) is 0 Å². The van der Waals surface area contributed by atoms with Gasteiger partial charge in [0.05, 0.1) is 0 Å². The molecule has 0 aliphatic carbocycles. The van der Waals surface area contributed by atoms with Gasteiger partial charge in [0, 0.05) is 0 Å². The van der Waals surface area contributed by atoms with E-state index < -0.39 is 15.1 Å². The first-order chi connectivity index (χ1) is 7.87. The fourth-order valence-corrected chi connectivity index (χ4v) is 2.62. The third-order valence-electron chi connectivity index (χ3n) is 3.06. The monoisotopic (exact) mass is 288 g/mol. The topological polar surface area (TPSA) is 77.4 Å². The minimum atomic E-state index is -4.62. The van der Waals surface area contributed by atoms with Crippen molar-refractivity contribution in [3.63, 3.8) is 0 Å². The van der Waals surface area contributed by atoms with Gasteiger partial charge >= 0.3 is 29.6 Å². The molecule has 0 fully saturated rings. The first-order valence-electron chi connectivity index (χ1n) is 6.55. The van der Waals surface area contributed by atoms with Crippen LogP contribution in [0.1, 0.15) is 71.6 Å². The molecule has 0 aliphatic rings. The molecule has 1 N–H and O–H groups in total. The average molecular weight is 288 g/mol. The maximum Gasteiger partial charge on any atom is 1.00 e. The van der Waals surface area contributed by atoms with Crippen LogP contribution in [-0.2, 0) is 10.1 Å². The van der Waals surface area contributed by atoms with Crippen LogP contribution in [0.4, 0.5) is 0 Å². The molecule has 0 aliphatic heterocycles. The smallest absolute Gasteiger partial charge is 0.746 e. The molecule has 0 aromatic carbocycles. The van der Waals surface area contributed by atoms with E-state index in [-0.39, 0.29) is 42.4 Å². The van der Waals surface area contributed by atoms with E-state index in [1.807, 2.05) is 6.92 Å². The average Bonchev–Trinajstić information content (AvgIpc) is 2.24. The third kappa shape index (κ3) is 8.12. The van der Waals surface area contributed by atoms with Crippen LogP contribution in [0.3, 0.4) is 0 Å². The van der Waals surface area contributed by atoms with Crippen molar-refractivity contribution in [3.05, 3.63) is 0 Å². The maximum atomic E-state index is 11.1. The van der Waals surface area contributed by atoms with Gasteiger partial charge in [0.1, 0.15) is 10.1 Å². The van der Waals surface area contributed by atoms with Crippen molar-refractivity contribution in [2.24, 2.45) is 0 Å². The van der Waals surface area contributed by atoms with Gasteiger partial charge in [-0.3, -0.25) is 0 Å². The summed E-state index contributed by atoms with van der Waals surface area (Å²) in [5, 5.41) is 9.93. The Morgan fingerprint density at radius 2 is 1.39 bits per heavy atom. The Kier molecular flexibility index (Phi) is 12.5. The third-order valence-corrected chi connectivity index (χ3v) is 4.40. The Morgan fingerprint density at radius 3 is 1.83 bits per heavy atom. The van der Waals surface area contributed by atoms with Crippen LogP contribution in [0.15, 0.2) is 0 Å². The molecule has 0 rings (SSSR count). The largest absolute Gasteiger partial charge is 1.00 e. The molecule has 4 nitrogen and oxygen atoms in total. The van der Waals surface area contributed by atoms with Crippen LogP contribution in [-0.4, -0.2) is 23.0 Å². The Labute approximate surface area is 134 Å². The molecule has 0 aromatic heterocycles. The summed E-state index contributed by atoms with van der Waals surface area (Å²) in [4.78, 5) is -2.05. The van der Waals surface area contributed by atoms with E-state index in [2.05, 4.69) is 6.92 Å². The van der Waals surface area contributed by atoms with Gasteiger partial charge in [-0.1, -0.05) is 46.0 Å². The zero-order chi connectivity index (χ0) is 13.4. The zero-order valence-corrected chi connectivity index (χ0v) is 14.8. The molecule has 0 saturated heterocycles. The minimum absolute atomic E-state index is 0. The molecule has 0 aromatic rings. The molecule has 0 saturated carbocycles. The van der Waals surface area contributed by atoms with Crippen molar-refractivity contribution in [2.45, 2.75) is 76.6 Å². The summed E-state index contributed by atoms with van der Waals surface area (Å²) in [6.07, 6.45) is 6.18. The van der Waals surface area contributed by atoms with Crippen molar-refractivity contribution >= 4 is 10.1 Å². The predicted molar refractivity (Wildman–Crippen MR) is 67.5 cm³/mol. The summed E-state index contributed by atoms with van der Waals surface area (Å²) in [7, 11) is -4.62. The van der Waals surface area contributed by atoms with Gasteiger partial charge in [-0.25, -0.2) is 8.42 Å². The van der Waals surface area contributed by atoms with E-state index in [1.54, 1.807) is 0 Å². The first kappa shape index (κ1) is 21.2. The van der Waals surface area contributed by atoms with Gasteiger partial charge in [0.15, 0.2) is 4.93 Å². The van der Waals surface area contributed by atoms with Crippen molar-refractivity contribution in [3.8, 4) is 0 Å². The van der Waals surface area contributed by atoms with E-state index in [9.17, 15) is 18.1 Å². The van der Waals surface area contributed by atoms with Crippen molar-refractivity contribution in [2.75, 3.05) is 0 Å². The molecular weight excluding hydrogens is 263 g/mol. The fraction of sp³-hybridized carbons (Fsp3) is 1.00. The standard InChI is InChI=1S/C12H26O4S.Na/c1-3-5-7-8-9-11-12(13,10-6-4-2)17(14,15)16;/h13H,3-11H2,1-2H3,(H,14,15,16);/q;+1/p-1. The Hall–Kier alpha value is 0.870. The number of aliphatic hydroxyl groups is 1. The van der Waals surface area contributed by atoms with E-state index in [0.29, 0.717) is 12.8 Å². The second-order valence-corrected chi connectivity index (χ2v) is 6.34. The molecule has 1 unspecified atom stereocenters. The van der Waals surface area contributed by atoms with Crippen LogP contribution < -0.4 is 29.6 Å². The van der Waals surface area contributed by atoms with E-state index in [1.165, 1.54) is 0 Å². The Morgan fingerprint density at radius 1 is 0.944 bits per heavy atom. The summed E-state index contributed by atoms with van der Waals surface area (Å²) in [6, 6.07) is 0. The fourth-order valence-electron chi connectivity index (χ4n) is 1.83. The van der Waals surface area contributed by atoms with Crippen molar-refractivity contribution in [1.82, 2.24) is 0 Å². The van der Waals surface area contributed by atoms with Crippen LogP contribution in [0.25, 0.3) is 0 Å². The second-order valence-electron chi connectivity index (χ2n) is 4.67. The van der Waals surface area contributed by atoms with Crippen molar-refractivity contribution in [1.29, 1.82) is 0 Å². The van der Waals surface area contributed by atoms with Gasteiger partial charge in [-0.15, -0.1) is 0 Å². The molecule has 104 valence electrons. The van der Waals surface area contributed by atoms with Crippen molar-refractivity contribution < 1.29 is 47.6 Å². The van der Waals surface area contributed by atoms with Crippen LogP contribution >= 0.6 is 0 Å². The number of unbranched alkanes of at least 4 members (excludes halogenated alkanes) is 5. The minimum Gasteiger partial charge on any atom is -0.746 e. The van der Waals surface area contributed by atoms with E-state index in [0.717, 1.165) is 32.1 Å². The van der Waals surface area contributed by atoms with Crippen LogP contribution in [0.2, 0.25) is 0 Å². The van der Waals surface area contributed by atoms with Gasteiger partial charge in [0.25, 0.3) is 0 Å². The molecular formula is C12H25NaO4S. The molecule has 0 radical (unpaired) electrons. The summed E-state index contributed by atoms with van der Waals surface area (Å²) < 4.78 is 33.2. The van der Waals surface area contributed by atoms with Crippen LogP contribution in [0.5, 0.6) is 0 Å². The molecule has 1 atom stereocenters. The predicted octanol–water partition coefficient (Wildman–Crippen LogP) is -0.225. The SMILES string of the molecule is CCCCCCCC(O)(CCCC)S(=O)(=O)[O-].[Na+]. The number of hydrogen-bond acceptors (Lipinski definition) is 4. The van der Waals surface area contributed by atoms with Gasteiger partial charge in [-0.2, -0.15) is 0 Å². The zero-order valence-electron chi connectivity index (χ0n) is 11.9. The molecule has 0 heterocycles. The van der Waals surface area contributed by atoms with Gasteiger partial charge in [-0.05, 0) is 25.7 Å². The molecule has 18 heavy (non-hydrogen) atoms. The molecule has 0 spiro atoms. The van der Waals surface area contributed by atoms with Gasteiger partial charge in [0.2, 0.25) is 0 Å². The maximum absolute atomic E-state index is 11.1.